The van der Waals surface area contributed by atoms with Crippen molar-refractivity contribution in [2.75, 3.05) is 6.61 Å². The summed E-state index contributed by atoms with van der Waals surface area (Å²) in [5.41, 5.74) is -0.903. The van der Waals surface area contributed by atoms with Gasteiger partial charge >= 0.3 is 0 Å². The molecule has 0 unspecified atom stereocenters. The molecular weight excluding hydrogens is 255 g/mol. The van der Waals surface area contributed by atoms with Gasteiger partial charge in [0, 0.05) is 4.90 Å². The molecule has 0 saturated carbocycles. The zero-order chi connectivity index (χ0) is 11.6. The van der Waals surface area contributed by atoms with Gasteiger partial charge in [0.05, 0.1) is 15.6 Å². The van der Waals surface area contributed by atoms with E-state index in [0.717, 1.165) is 0 Å². The summed E-state index contributed by atoms with van der Waals surface area (Å²) in [6, 6.07) is 3.19. The maximum Gasteiger partial charge on any atom is 0.139 e. The van der Waals surface area contributed by atoms with Crippen molar-refractivity contribution >= 4 is 35.8 Å². The summed E-state index contributed by atoms with van der Waals surface area (Å²) >= 11 is 15.9. The average molecular weight is 267 g/mol. The van der Waals surface area contributed by atoms with E-state index in [1.807, 2.05) is 0 Å². The number of hydrogen-bond acceptors (Lipinski definition) is 3. The number of rotatable bonds is 3. The van der Waals surface area contributed by atoms with E-state index in [2.05, 4.69) is 12.6 Å². The molecule has 0 radical (unpaired) electrons. The first-order valence-corrected chi connectivity index (χ1v) is 5.53. The standard InChI is InChI=1S/C10H12Cl2O2S/c1-10(2,13)5-14-8-4-9(15)7(12)3-6(8)11/h3-4,13,15H,5H2,1-2H3. The van der Waals surface area contributed by atoms with Gasteiger partial charge in [-0.25, -0.2) is 0 Å². The fourth-order valence-electron chi connectivity index (χ4n) is 0.883. The first kappa shape index (κ1) is 13.0. The lowest BCUT2D eigenvalue weighted by Crippen LogP contribution is -2.27. The van der Waals surface area contributed by atoms with E-state index in [-0.39, 0.29) is 6.61 Å². The van der Waals surface area contributed by atoms with Crippen LogP contribution in [0.15, 0.2) is 17.0 Å². The molecule has 15 heavy (non-hydrogen) atoms. The molecule has 5 heteroatoms. The molecule has 0 fully saturated rings. The van der Waals surface area contributed by atoms with E-state index < -0.39 is 5.60 Å². The van der Waals surface area contributed by atoms with Crippen molar-refractivity contribution in [3.8, 4) is 5.75 Å². The van der Waals surface area contributed by atoms with Gasteiger partial charge in [-0.3, -0.25) is 0 Å². The van der Waals surface area contributed by atoms with Crippen LogP contribution in [0.2, 0.25) is 10.0 Å². The molecule has 0 aromatic heterocycles. The van der Waals surface area contributed by atoms with Gasteiger partial charge in [0.2, 0.25) is 0 Å². The summed E-state index contributed by atoms with van der Waals surface area (Å²) in [6.45, 7) is 3.46. The van der Waals surface area contributed by atoms with Crippen LogP contribution in [0, 0.1) is 0 Å². The Labute approximate surface area is 105 Å². The Morgan fingerprint density at radius 1 is 1.33 bits per heavy atom. The first-order chi connectivity index (χ1) is 6.79. The van der Waals surface area contributed by atoms with E-state index in [4.69, 9.17) is 27.9 Å². The molecule has 0 aliphatic heterocycles. The molecule has 0 heterocycles. The Morgan fingerprint density at radius 2 is 1.93 bits per heavy atom. The summed E-state index contributed by atoms with van der Waals surface area (Å²) in [6.07, 6.45) is 0. The van der Waals surface area contributed by atoms with Gasteiger partial charge in [-0.15, -0.1) is 12.6 Å². The Balaban J connectivity index is 2.82. The molecule has 0 amide bonds. The predicted octanol–water partition coefficient (Wildman–Crippen LogP) is 3.43. The monoisotopic (exact) mass is 266 g/mol. The van der Waals surface area contributed by atoms with Crippen molar-refractivity contribution in [3.63, 3.8) is 0 Å². The second kappa shape index (κ2) is 4.83. The number of halogens is 2. The van der Waals surface area contributed by atoms with E-state index in [9.17, 15) is 5.11 Å². The number of thiol groups is 1. The van der Waals surface area contributed by atoms with Gasteiger partial charge in [0.15, 0.2) is 0 Å². The fourth-order valence-corrected chi connectivity index (χ4v) is 1.50. The normalized spacial score (nSPS) is 11.6. The van der Waals surface area contributed by atoms with Crippen LogP contribution in [0.1, 0.15) is 13.8 Å². The Morgan fingerprint density at radius 3 is 2.47 bits per heavy atom. The molecule has 1 aromatic rings. The van der Waals surface area contributed by atoms with Crippen LogP contribution in [0.3, 0.4) is 0 Å². The van der Waals surface area contributed by atoms with Crippen LogP contribution >= 0.6 is 35.8 Å². The highest BCUT2D eigenvalue weighted by Crippen LogP contribution is 2.33. The maximum absolute atomic E-state index is 9.48. The van der Waals surface area contributed by atoms with Gasteiger partial charge in [0.1, 0.15) is 12.4 Å². The van der Waals surface area contributed by atoms with Crippen molar-refractivity contribution < 1.29 is 9.84 Å². The lowest BCUT2D eigenvalue weighted by Gasteiger charge is -2.18. The maximum atomic E-state index is 9.48. The van der Waals surface area contributed by atoms with Crippen molar-refractivity contribution in [2.24, 2.45) is 0 Å². The SMILES string of the molecule is CC(C)(O)COc1cc(S)c(Cl)cc1Cl. The van der Waals surface area contributed by atoms with Gasteiger partial charge in [0.25, 0.3) is 0 Å². The minimum atomic E-state index is -0.903. The van der Waals surface area contributed by atoms with Crippen molar-refractivity contribution in [3.05, 3.63) is 22.2 Å². The molecule has 0 aliphatic rings. The lowest BCUT2D eigenvalue weighted by atomic mass is 10.2. The van der Waals surface area contributed by atoms with Gasteiger partial charge < -0.3 is 9.84 Å². The number of benzene rings is 1. The summed E-state index contributed by atoms with van der Waals surface area (Å²) < 4.78 is 5.35. The molecule has 0 aliphatic carbocycles. The zero-order valence-electron chi connectivity index (χ0n) is 8.42. The second-order valence-electron chi connectivity index (χ2n) is 3.84. The predicted molar refractivity (Wildman–Crippen MR) is 65.5 cm³/mol. The van der Waals surface area contributed by atoms with Gasteiger partial charge in [-0.1, -0.05) is 23.2 Å². The van der Waals surface area contributed by atoms with Crippen LogP contribution in [0.5, 0.6) is 5.75 Å². The highest BCUT2D eigenvalue weighted by molar-refractivity contribution is 7.80. The quantitative estimate of drug-likeness (QED) is 0.821. The highest BCUT2D eigenvalue weighted by atomic mass is 35.5. The molecule has 2 nitrogen and oxygen atoms in total. The van der Waals surface area contributed by atoms with Crippen LogP contribution < -0.4 is 4.74 Å². The first-order valence-electron chi connectivity index (χ1n) is 4.33. The van der Waals surface area contributed by atoms with E-state index >= 15 is 0 Å². The average Bonchev–Trinajstić information content (AvgIpc) is 2.07. The highest BCUT2D eigenvalue weighted by Gasteiger charge is 2.15. The smallest absolute Gasteiger partial charge is 0.139 e. The molecule has 1 rings (SSSR count). The molecule has 0 bridgehead atoms. The molecule has 1 aromatic carbocycles. The zero-order valence-corrected chi connectivity index (χ0v) is 10.8. The molecule has 1 N–H and O–H groups in total. The summed E-state index contributed by atoms with van der Waals surface area (Å²) in [5, 5.41) is 10.4. The summed E-state index contributed by atoms with van der Waals surface area (Å²) in [7, 11) is 0. The Hall–Kier alpha value is -0.0900. The third-order valence-electron chi connectivity index (χ3n) is 1.58. The van der Waals surface area contributed by atoms with E-state index in [1.54, 1.807) is 26.0 Å². The van der Waals surface area contributed by atoms with E-state index in [1.165, 1.54) is 0 Å². The third kappa shape index (κ3) is 4.11. The number of aliphatic hydroxyl groups is 1. The topological polar surface area (TPSA) is 29.5 Å². The number of hydrogen-bond donors (Lipinski definition) is 2. The van der Waals surface area contributed by atoms with Crippen molar-refractivity contribution in [1.82, 2.24) is 0 Å². The summed E-state index contributed by atoms with van der Waals surface area (Å²) in [5.74, 6) is 0.466. The van der Waals surface area contributed by atoms with Crippen LogP contribution in [0.4, 0.5) is 0 Å². The number of ether oxygens (including phenoxy) is 1. The van der Waals surface area contributed by atoms with Crippen molar-refractivity contribution in [1.29, 1.82) is 0 Å². The molecule has 0 saturated heterocycles. The Bertz CT molecular complexity index is 361. The van der Waals surface area contributed by atoms with Crippen LogP contribution in [-0.4, -0.2) is 17.3 Å². The second-order valence-corrected chi connectivity index (χ2v) is 5.13. The molecular formula is C10H12Cl2O2S. The third-order valence-corrected chi connectivity index (χ3v) is 2.69. The Kier molecular flexibility index (Phi) is 4.18. The molecule has 84 valence electrons. The largest absolute Gasteiger partial charge is 0.489 e. The van der Waals surface area contributed by atoms with Gasteiger partial charge in [-0.05, 0) is 26.0 Å². The van der Waals surface area contributed by atoms with Crippen molar-refractivity contribution in [2.45, 2.75) is 24.3 Å². The molecule has 0 atom stereocenters. The van der Waals surface area contributed by atoms with E-state index in [0.29, 0.717) is 20.7 Å². The summed E-state index contributed by atoms with van der Waals surface area (Å²) in [4.78, 5) is 0.590. The lowest BCUT2D eigenvalue weighted by molar-refractivity contribution is 0.0284. The van der Waals surface area contributed by atoms with Crippen LogP contribution in [-0.2, 0) is 0 Å². The minimum absolute atomic E-state index is 0.154. The fraction of sp³-hybridized carbons (Fsp3) is 0.400. The molecule has 0 spiro atoms. The minimum Gasteiger partial charge on any atom is -0.489 e. The van der Waals surface area contributed by atoms with Crippen LogP contribution in [0.25, 0.3) is 0 Å². The van der Waals surface area contributed by atoms with Gasteiger partial charge in [-0.2, -0.15) is 0 Å².